The van der Waals surface area contributed by atoms with Crippen molar-refractivity contribution in [3.63, 3.8) is 0 Å². The van der Waals surface area contributed by atoms with E-state index in [-0.39, 0.29) is 17.7 Å². The van der Waals surface area contributed by atoms with Crippen molar-refractivity contribution in [3.8, 4) is 0 Å². The molecule has 4 nitrogen and oxygen atoms in total. The number of nitrogens with zero attached hydrogens (tertiary/aromatic N) is 2. The van der Waals surface area contributed by atoms with Crippen LogP contribution >= 0.6 is 0 Å². The minimum Gasteiger partial charge on any atom is -0.394 e. The number of fused-ring (bicyclic) bond motifs is 1. The number of hydrogen-bond donors (Lipinski definition) is 0. The van der Waals surface area contributed by atoms with Crippen LogP contribution in [0.4, 0.5) is 0 Å². The Kier molecular flexibility index (Phi) is 9.03. The second-order valence-electron chi connectivity index (χ2n) is 8.12. The molecule has 158 valence electrons. The van der Waals surface area contributed by atoms with Gasteiger partial charge in [0.2, 0.25) is 19.5 Å². The number of hydrogen-bond acceptors (Lipinski definition) is 4. The Morgan fingerprint density at radius 3 is 2.24 bits per heavy atom. The Morgan fingerprint density at radius 2 is 1.69 bits per heavy atom. The van der Waals surface area contributed by atoms with E-state index in [1.54, 1.807) is 0 Å². The lowest BCUT2D eigenvalue weighted by Gasteiger charge is -2.45. The smallest absolute Gasteiger partial charge is 0.229 e. The Hall–Kier alpha value is -1.06. The van der Waals surface area contributed by atoms with E-state index < -0.39 is 0 Å². The summed E-state index contributed by atoms with van der Waals surface area (Å²) in [7, 11) is 0.814. The van der Waals surface area contributed by atoms with Crippen LogP contribution in [0.5, 0.6) is 0 Å². The molecule has 0 bridgehead atoms. The van der Waals surface area contributed by atoms with E-state index in [0.29, 0.717) is 19.5 Å². The molecule has 0 N–H and O–H groups in total. The van der Waals surface area contributed by atoms with Gasteiger partial charge in [-0.2, -0.15) is 0 Å². The van der Waals surface area contributed by atoms with Gasteiger partial charge in [-0.25, -0.2) is 0 Å². The maximum absolute atomic E-state index is 6.10. The van der Waals surface area contributed by atoms with Crippen molar-refractivity contribution in [2.45, 2.75) is 73.4 Å². The van der Waals surface area contributed by atoms with Crippen LogP contribution in [0.25, 0.3) is 10.9 Å². The van der Waals surface area contributed by atoms with Gasteiger partial charge in [-0.1, -0.05) is 45.9 Å². The molecule has 0 fully saturated rings. The summed E-state index contributed by atoms with van der Waals surface area (Å²) in [6, 6.07) is 9.09. The minimum absolute atomic E-state index is 0.167. The fourth-order valence-corrected chi connectivity index (χ4v) is 5.28. The average molecular weight is 429 g/mol. The van der Waals surface area contributed by atoms with Gasteiger partial charge < -0.3 is 8.85 Å². The van der Waals surface area contributed by atoms with E-state index in [9.17, 15) is 0 Å². The molecule has 4 radical (unpaired) electrons. The second-order valence-corrected chi connectivity index (χ2v) is 9.41. The molecule has 0 spiro atoms. The predicted molar refractivity (Wildman–Crippen MR) is 125 cm³/mol. The topological polar surface area (TPSA) is 34.6 Å². The van der Waals surface area contributed by atoms with E-state index in [2.05, 4.69) is 83.8 Å². The number of benzene rings is 1. The third kappa shape index (κ3) is 5.55. The highest BCUT2D eigenvalue weighted by Gasteiger charge is 2.41. The Balaban J connectivity index is 2.51. The van der Waals surface area contributed by atoms with Gasteiger partial charge in [0, 0.05) is 22.5 Å². The second kappa shape index (κ2) is 10.8. The molecular weight excluding hydrogens is 392 g/mol. The molecule has 2 rings (SSSR count). The summed E-state index contributed by atoms with van der Waals surface area (Å²) in [5, 5.41) is 1.22. The lowest BCUT2D eigenvalue weighted by atomic mass is 9.79. The zero-order chi connectivity index (χ0) is 21.6. The molecule has 0 saturated heterocycles. The molecule has 1 unspecified atom stereocenters. The fraction of sp³-hybridized carbons (Fsp3) is 0.609. The zero-order valence-electron chi connectivity index (χ0n) is 19.3. The first-order valence-electron chi connectivity index (χ1n) is 10.5. The molecule has 2 aromatic rings. The molecule has 0 saturated carbocycles. The number of rotatable bonds is 11. The van der Waals surface area contributed by atoms with Crippen LogP contribution in [0.15, 0.2) is 24.3 Å². The van der Waals surface area contributed by atoms with E-state index >= 15 is 0 Å². The van der Waals surface area contributed by atoms with E-state index in [1.807, 2.05) is 0 Å². The molecule has 1 atom stereocenters. The Labute approximate surface area is 182 Å². The monoisotopic (exact) mass is 428 g/mol. The first-order chi connectivity index (χ1) is 13.8. The molecule has 29 heavy (non-hydrogen) atoms. The van der Waals surface area contributed by atoms with Crippen LogP contribution < -0.4 is 0 Å². The molecule has 6 heteroatoms. The highest BCUT2D eigenvalue weighted by molar-refractivity contribution is 6.26. The van der Waals surface area contributed by atoms with Crippen molar-refractivity contribution in [3.05, 3.63) is 41.1 Å². The van der Waals surface area contributed by atoms with Gasteiger partial charge in [0.1, 0.15) is 6.29 Å². The highest BCUT2D eigenvalue weighted by Crippen LogP contribution is 2.35. The third-order valence-corrected chi connectivity index (χ3v) is 6.86. The fourth-order valence-electron chi connectivity index (χ4n) is 4.06. The summed E-state index contributed by atoms with van der Waals surface area (Å²) in [6.45, 7) is 19.4. The van der Waals surface area contributed by atoms with Crippen LogP contribution in [-0.2, 0) is 15.3 Å². The van der Waals surface area contributed by atoms with Gasteiger partial charge in [0.05, 0.1) is 5.52 Å². The van der Waals surface area contributed by atoms with E-state index in [0.717, 1.165) is 30.7 Å². The number of aromatic nitrogens is 1. The van der Waals surface area contributed by atoms with Crippen LogP contribution in [0.1, 0.15) is 44.5 Å². The number of likely N-dealkylation sites (N-methyl/N-ethyl adjacent to an activating group) is 1. The van der Waals surface area contributed by atoms with Gasteiger partial charge in [-0.15, -0.1) is 0 Å². The summed E-state index contributed by atoms with van der Waals surface area (Å²) in [4.78, 5) is 7.50. The minimum atomic E-state index is -0.216. The number of aryl methyl sites for hydroxylation is 2. The van der Waals surface area contributed by atoms with Crippen LogP contribution in [0.3, 0.4) is 0 Å². The van der Waals surface area contributed by atoms with Gasteiger partial charge in [-0.05, 0) is 63.6 Å². The van der Waals surface area contributed by atoms with Gasteiger partial charge in [0.15, 0.2) is 0 Å². The van der Waals surface area contributed by atoms with E-state index in [1.165, 1.54) is 16.5 Å². The summed E-state index contributed by atoms with van der Waals surface area (Å²) >= 11 is 0. The maximum Gasteiger partial charge on any atom is 0.229 e. The van der Waals surface area contributed by atoms with Gasteiger partial charge >= 0.3 is 0 Å². The van der Waals surface area contributed by atoms with Crippen molar-refractivity contribution in [2.75, 3.05) is 13.1 Å². The molecule has 0 aliphatic rings. The molecule has 1 aromatic carbocycles. The molecule has 0 aliphatic carbocycles. The number of pyridine rings is 1. The van der Waals surface area contributed by atoms with Crippen molar-refractivity contribution < 1.29 is 8.85 Å². The molecule has 0 aliphatic heterocycles. The highest BCUT2D eigenvalue weighted by atomic mass is 28.2. The predicted octanol–water partition coefficient (Wildman–Crippen LogP) is 4.82. The zero-order valence-corrected chi connectivity index (χ0v) is 21.3. The van der Waals surface area contributed by atoms with Crippen LogP contribution in [0, 0.1) is 19.3 Å². The van der Waals surface area contributed by atoms with Crippen molar-refractivity contribution in [1.82, 2.24) is 9.88 Å². The quantitative estimate of drug-likeness (QED) is 0.379. The molecule has 1 aromatic heterocycles. The van der Waals surface area contributed by atoms with Gasteiger partial charge in [0.25, 0.3) is 0 Å². The first-order valence-corrected chi connectivity index (χ1v) is 13.4. The Bertz CT molecular complexity index is 788. The normalized spacial score (nSPS) is 13.6. The lowest BCUT2D eigenvalue weighted by Crippen LogP contribution is -2.53. The van der Waals surface area contributed by atoms with Crippen molar-refractivity contribution in [2.24, 2.45) is 5.41 Å². The summed E-state index contributed by atoms with van der Waals surface area (Å²) < 4.78 is 12.2. The first kappa shape index (κ1) is 24.2. The average Bonchev–Trinajstić information content (AvgIpc) is 2.69. The van der Waals surface area contributed by atoms with Crippen molar-refractivity contribution >= 4 is 30.4 Å². The summed E-state index contributed by atoms with van der Waals surface area (Å²) in [5.41, 5.74) is 4.60. The maximum atomic E-state index is 6.10. The summed E-state index contributed by atoms with van der Waals surface area (Å²) in [6.07, 6.45) is 0.705. The molecular formula is C23H36N2O2Si2. The number of para-hydroxylation sites is 1. The standard InChI is InChI=1S/C23H36N2O2Si2/c1-9-25(10-2)20(23(5,6)22(26-28-7)27-29-8)15-19-13-11-12-18-14-16(3)17(4)24-21(18)19/h11-14,20,22H,9-10,15H2,1-8H3. The lowest BCUT2D eigenvalue weighted by molar-refractivity contribution is -0.113. The SMILES string of the molecule is CCN(CC)C(Cc1cccc2cc(C)c(C)nc12)C(C)(C)C(O[Si]C)O[Si]C. The third-order valence-electron chi connectivity index (χ3n) is 5.96. The Morgan fingerprint density at radius 1 is 1.07 bits per heavy atom. The largest absolute Gasteiger partial charge is 0.394 e. The molecule has 1 heterocycles. The molecule has 0 amide bonds. The van der Waals surface area contributed by atoms with Crippen LogP contribution in [0.2, 0.25) is 13.1 Å². The summed E-state index contributed by atoms with van der Waals surface area (Å²) in [5.74, 6) is 0. The van der Waals surface area contributed by atoms with Gasteiger partial charge in [-0.3, -0.25) is 9.88 Å². The van der Waals surface area contributed by atoms with Crippen molar-refractivity contribution in [1.29, 1.82) is 0 Å². The van der Waals surface area contributed by atoms with Crippen LogP contribution in [-0.4, -0.2) is 54.8 Å². The van der Waals surface area contributed by atoms with E-state index in [4.69, 9.17) is 13.8 Å².